The molecule has 0 unspecified atom stereocenters. The van der Waals surface area contributed by atoms with E-state index in [9.17, 15) is 9.59 Å². The molecule has 0 bridgehead atoms. The van der Waals surface area contributed by atoms with E-state index >= 15 is 0 Å². The first-order valence-corrected chi connectivity index (χ1v) is 7.00. The number of nitrogens with one attached hydrogen (secondary N) is 1. The molecule has 0 aliphatic carbocycles. The number of ether oxygens (including phenoxy) is 1. The van der Waals surface area contributed by atoms with Crippen molar-refractivity contribution in [3.05, 3.63) is 47.2 Å². The second-order valence-electron chi connectivity index (χ2n) is 4.00. The highest BCUT2D eigenvalue weighted by Crippen LogP contribution is 2.19. The Labute approximate surface area is 125 Å². The summed E-state index contributed by atoms with van der Waals surface area (Å²) in [4.78, 5) is 31.8. The molecule has 0 aromatic carbocycles. The summed E-state index contributed by atoms with van der Waals surface area (Å²) >= 11 is 1.29. The van der Waals surface area contributed by atoms with E-state index < -0.39 is 11.9 Å². The monoisotopic (exact) mass is 303 g/mol. The Hall–Kier alpha value is -2.54. The van der Waals surface area contributed by atoms with Gasteiger partial charge in [-0.15, -0.1) is 11.3 Å². The molecule has 0 fully saturated rings. The molecule has 21 heavy (non-hydrogen) atoms. The van der Waals surface area contributed by atoms with Gasteiger partial charge in [0.2, 0.25) is 0 Å². The molecule has 6 nitrogen and oxygen atoms in total. The average molecular weight is 303 g/mol. The van der Waals surface area contributed by atoms with E-state index in [1.807, 2.05) is 0 Å². The zero-order valence-corrected chi connectivity index (χ0v) is 12.3. The minimum atomic E-state index is -0.520. The quantitative estimate of drug-likeness (QED) is 0.693. The Kier molecular flexibility index (Phi) is 4.78. The fourth-order valence-electron chi connectivity index (χ4n) is 1.38. The van der Waals surface area contributed by atoms with Gasteiger partial charge in [0.15, 0.2) is 16.6 Å². The zero-order chi connectivity index (χ0) is 15.2. The van der Waals surface area contributed by atoms with Crippen LogP contribution in [0.4, 0.5) is 5.13 Å². The molecule has 0 atom stereocenters. The van der Waals surface area contributed by atoms with Gasteiger partial charge in [-0.1, -0.05) is 6.08 Å². The van der Waals surface area contributed by atoms with Crippen LogP contribution in [0.5, 0.6) is 5.75 Å². The molecule has 2 aromatic rings. The molecule has 0 saturated heterocycles. The lowest BCUT2D eigenvalue weighted by Gasteiger charge is -2.08. The van der Waals surface area contributed by atoms with Crippen LogP contribution >= 0.6 is 11.3 Å². The first kappa shape index (κ1) is 14.9. The van der Waals surface area contributed by atoms with Gasteiger partial charge in [-0.05, 0) is 26.0 Å². The number of allylic oxidation sites excluding steroid dienone is 1. The topological polar surface area (TPSA) is 81.2 Å². The van der Waals surface area contributed by atoms with E-state index in [2.05, 4.69) is 15.3 Å². The second-order valence-corrected chi connectivity index (χ2v) is 4.90. The molecule has 1 N–H and O–H groups in total. The van der Waals surface area contributed by atoms with Gasteiger partial charge >= 0.3 is 5.97 Å². The first-order chi connectivity index (χ1) is 10.1. The van der Waals surface area contributed by atoms with Crippen molar-refractivity contribution in [2.75, 3.05) is 5.32 Å². The molecule has 2 rings (SSSR count). The van der Waals surface area contributed by atoms with E-state index in [4.69, 9.17) is 4.74 Å². The fraction of sp³-hybridized carbons (Fsp3) is 0.143. The molecule has 0 spiro atoms. The van der Waals surface area contributed by atoms with Gasteiger partial charge in [-0.2, -0.15) is 0 Å². The second kappa shape index (κ2) is 6.76. The number of hydrogen-bond donors (Lipinski definition) is 1. The third kappa shape index (κ3) is 3.73. The number of aromatic nitrogens is 2. The lowest BCUT2D eigenvalue weighted by molar-refractivity contribution is -0.130. The van der Waals surface area contributed by atoms with Crippen LogP contribution < -0.4 is 10.1 Å². The summed E-state index contributed by atoms with van der Waals surface area (Å²) in [6.45, 7) is 3.37. The normalized spacial score (nSPS) is 11.0. The molecule has 1 amide bonds. The summed E-state index contributed by atoms with van der Waals surface area (Å²) in [5.41, 5.74) is 0.482. The van der Waals surface area contributed by atoms with Crippen molar-refractivity contribution < 1.29 is 14.3 Å². The van der Waals surface area contributed by atoms with Crippen molar-refractivity contribution in [2.45, 2.75) is 13.8 Å². The predicted molar refractivity (Wildman–Crippen MR) is 79.4 cm³/mol. The van der Waals surface area contributed by atoms with Crippen molar-refractivity contribution in [3.8, 4) is 5.75 Å². The Balaban J connectivity index is 2.20. The fourth-order valence-corrected chi connectivity index (χ4v) is 1.91. The number of carbonyl (C=O) groups excluding carboxylic acids is 2. The van der Waals surface area contributed by atoms with Gasteiger partial charge < -0.3 is 4.74 Å². The van der Waals surface area contributed by atoms with Gasteiger partial charge in [0.1, 0.15) is 0 Å². The number of rotatable bonds is 4. The number of pyridine rings is 1. The van der Waals surface area contributed by atoms with E-state index in [1.165, 1.54) is 23.6 Å². The van der Waals surface area contributed by atoms with Crippen LogP contribution in [-0.4, -0.2) is 21.8 Å². The van der Waals surface area contributed by atoms with Gasteiger partial charge in [0, 0.05) is 23.3 Å². The van der Waals surface area contributed by atoms with Gasteiger partial charge in [-0.3, -0.25) is 10.1 Å². The highest BCUT2D eigenvalue weighted by atomic mass is 32.1. The van der Waals surface area contributed by atoms with E-state index in [0.717, 1.165) is 0 Å². The average Bonchev–Trinajstić information content (AvgIpc) is 2.99. The molecule has 2 heterocycles. The summed E-state index contributed by atoms with van der Waals surface area (Å²) in [5, 5.41) is 4.79. The summed E-state index contributed by atoms with van der Waals surface area (Å²) in [6, 6.07) is 3.11. The van der Waals surface area contributed by atoms with Gasteiger partial charge in [-0.25, -0.2) is 14.8 Å². The summed E-state index contributed by atoms with van der Waals surface area (Å²) in [7, 11) is 0. The van der Waals surface area contributed by atoms with Gasteiger partial charge in [0.05, 0.1) is 0 Å². The van der Waals surface area contributed by atoms with E-state index in [-0.39, 0.29) is 11.4 Å². The molecule has 7 heteroatoms. The number of carbonyl (C=O) groups is 2. The Morgan fingerprint density at radius 3 is 2.81 bits per heavy atom. The maximum Gasteiger partial charge on any atom is 0.338 e. The summed E-state index contributed by atoms with van der Waals surface area (Å²) in [6.07, 6.45) is 4.67. The Morgan fingerprint density at radius 1 is 1.33 bits per heavy atom. The molecular formula is C14H13N3O3S. The molecule has 108 valence electrons. The van der Waals surface area contributed by atoms with Crippen LogP contribution in [0.1, 0.15) is 24.3 Å². The third-order valence-corrected chi connectivity index (χ3v) is 3.28. The van der Waals surface area contributed by atoms with E-state index in [1.54, 1.807) is 37.6 Å². The molecule has 0 radical (unpaired) electrons. The highest BCUT2D eigenvalue weighted by molar-refractivity contribution is 7.13. The minimum absolute atomic E-state index is 0.0324. The van der Waals surface area contributed by atoms with Crippen LogP contribution in [0.3, 0.4) is 0 Å². The maximum atomic E-state index is 12.1. The third-order valence-electron chi connectivity index (χ3n) is 2.60. The number of nitrogens with zero attached hydrogens (tertiary/aromatic N) is 2. The number of amides is 1. The van der Waals surface area contributed by atoms with Crippen LogP contribution in [-0.2, 0) is 4.79 Å². The molecular weight excluding hydrogens is 290 g/mol. The van der Waals surface area contributed by atoms with Crippen molar-refractivity contribution >= 4 is 28.3 Å². The SMILES string of the molecule is C/C=C(\C)C(=O)Oc1cccnc1C(=O)Nc1nccs1. The molecule has 0 aliphatic heterocycles. The van der Waals surface area contributed by atoms with Crippen molar-refractivity contribution in [2.24, 2.45) is 0 Å². The predicted octanol–water partition coefficient (Wildman–Crippen LogP) is 2.66. The Morgan fingerprint density at radius 2 is 2.14 bits per heavy atom. The van der Waals surface area contributed by atoms with E-state index in [0.29, 0.717) is 10.7 Å². The molecule has 0 saturated carbocycles. The molecule has 2 aromatic heterocycles. The standard InChI is InChI=1S/C14H13N3O3S/c1-3-9(2)13(19)20-10-5-4-6-15-11(10)12(18)17-14-16-7-8-21-14/h3-8H,1-2H3,(H,16,17,18)/b9-3+. The zero-order valence-electron chi connectivity index (χ0n) is 11.5. The number of anilines is 1. The summed E-state index contributed by atoms with van der Waals surface area (Å²) in [5.74, 6) is -0.891. The Bertz CT molecular complexity index is 681. The smallest absolute Gasteiger partial charge is 0.338 e. The highest BCUT2D eigenvalue weighted by Gasteiger charge is 2.18. The number of hydrogen-bond acceptors (Lipinski definition) is 6. The van der Waals surface area contributed by atoms with Crippen LogP contribution in [0, 0.1) is 0 Å². The van der Waals surface area contributed by atoms with Crippen LogP contribution in [0.2, 0.25) is 0 Å². The number of thiazole rings is 1. The summed E-state index contributed by atoms with van der Waals surface area (Å²) < 4.78 is 5.19. The molecule has 0 aliphatic rings. The lowest BCUT2D eigenvalue weighted by atomic mass is 10.3. The van der Waals surface area contributed by atoms with Crippen molar-refractivity contribution in [1.29, 1.82) is 0 Å². The number of esters is 1. The van der Waals surface area contributed by atoms with Crippen molar-refractivity contribution in [1.82, 2.24) is 9.97 Å². The van der Waals surface area contributed by atoms with Crippen LogP contribution in [0.25, 0.3) is 0 Å². The largest absolute Gasteiger partial charge is 0.421 e. The first-order valence-electron chi connectivity index (χ1n) is 6.12. The van der Waals surface area contributed by atoms with Crippen LogP contribution in [0.15, 0.2) is 41.6 Å². The van der Waals surface area contributed by atoms with Gasteiger partial charge in [0.25, 0.3) is 5.91 Å². The van der Waals surface area contributed by atoms with Crippen molar-refractivity contribution in [3.63, 3.8) is 0 Å². The lowest BCUT2D eigenvalue weighted by Crippen LogP contribution is -2.17. The minimum Gasteiger partial charge on any atom is -0.421 e. The maximum absolute atomic E-state index is 12.1.